The van der Waals surface area contributed by atoms with Gasteiger partial charge in [-0.3, -0.25) is 0 Å². The van der Waals surface area contributed by atoms with Crippen LogP contribution in [0.3, 0.4) is 0 Å². The van der Waals surface area contributed by atoms with Gasteiger partial charge in [-0.25, -0.2) is 9.78 Å². The Hall–Kier alpha value is -3.66. The van der Waals surface area contributed by atoms with Crippen LogP contribution in [-0.2, 0) is 4.74 Å². The second-order valence-electron chi connectivity index (χ2n) is 7.14. The fourth-order valence-electron chi connectivity index (χ4n) is 3.45. The average molecular weight is 397 g/mol. The van der Waals surface area contributed by atoms with Gasteiger partial charge in [0, 0.05) is 10.9 Å². The third-order valence-electron chi connectivity index (χ3n) is 4.99. The maximum absolute atomic E-state index is 13.0. The summed E-state index contributed by atoms with van der Waals surface area (Å²) in [5, 5.41) is 0.791. The number of nitrogens with zero attached hydrogens (tertiary/aromatic N) is 1. The predicted molar refractivity (Wildman–Crippen MR) is 119 cm³/mol. The van der Waals surface area contributed by atoms with E-state index in [2.05, 4.69) is 0 Å². The molecule has 0 atom stereocenters. The van der Waals surface area contributed by atoms with Gasteiger partial charge in [-0.15, -0.1) is 0 Å². The summed E-state index contributed by atoms with van der Waals surface area (Å²) in [6, 6.07) is 25.3. The Balaban J connectivity index is 1.57. The van der Waals surface area contributed by atoms with Crippen LogP contribution in [0, 0.1) is 13.8 Å². The van der Waals surface area contributed by atoms with Crippen LogP contribution in [0.1, 0.15) is 21.5 Å². The van der Waals surface area contributed by atoms with Crippen LogP contribution in [0.5, 0.6) is 5.75 Å². The summed E-state index contributed by atoms with van der Waals surface area (Å²) in [6.07, 6.45) is 0. The van der Waals surface area contributed by atoms with Gasteiger partial charge in [0.25, 0.3) is 0 Å². The quantitative estimate of drug-likeness (QED) is 0.307. The molecule has 0 N–H and O–H groups in total. The number of aromatic nitrogens is 1. The van der Waals surface area contributed by atoms with Gasteiger partial charge < -0.3 is 9.47 Å². The van der Waals surface area contributed by atoms with E-state index < -0.39 is 0 Å². The highest BCUT2D eigenvalue weighted by Gasteiger charge is 2.20. The van der Waals surface area contributed by atoms with Crippen LogP contribution in [0.25, 0.3) is 22.2 Å². The Morgan fingerprint density at radius 1 is 0.833 bits per heavy atom. The number of rotatable bonds is 6. The number of para-hydroxylation sites is 1. The molecule has 0 fully saturated rings. The lowest BCUT2D eigenvalue weighted by Crippen LogP contribution is -2.14. The lowest BCUT2D eigenvalue weighted by atomic mass is 9.98. The van der Waals surface area contributed by atoms with E-state index >= 15 is 0 Å². The number of hydrogen-bond donors (Lipinski definition) is 0. The zero-order valence-corrected chi connectivity index (χ0v) is 17.1. The fourth-order valence-corrected chi connectivity index (χ4v) is 3.45. The van der Waals surface area contributed by atoms with Crippen molar-refractivity contribution in [3.8, 4) is 17.0 Å². The Morgan fingerprint density at radius 3 is 2.30 bits per heavy atom. The molecule has 0 saturated heterocycles. The number of carbonyl (C=O) groups is 1. The minimum absolute atomic E-state index is 0.170. The number of aryl methyl sites for hydroxylation is 1. The predicted octanol–water partition coefficient (Wildman–Crippen LogP) is 5.75. The van der Waals surface area contributed by atoms with Crippen LogP contribution < -0.4 is 4.74 Å². The molecule has 1 heterocycles. The molecular formula is C26H23NO3. The smallest absolute Gasteiger partial charge is 0.339 e. The van der Waals surface area contributed by atoms with Gasteiger partial charge in [-0.05, 0) is 37.6 Å². The van der Waals surface area contributed by atoms with E-state index in [1.807, 2.05) is 92.7 Å². The number of pyridine rings is 1. The normalized spacial score (nSPS) is 10.7. The van der Waals surface area contributed by atoms with Crippen LogP contribution in [0.4, 0.5) is 0 Å². The molecule has 0 spiro atoms. The standard InChI is InChI=1S/C26H23NO3/c1-18-12-14-21(15-13-18)29-16-17-30-26(28)24-19(2)25(20-8-4-3-5-9-20)27-23-11-7-6-10-22(23)24/h3-15H,16-17H2,1-2H3. The first-order chi connectivity index (χ1) is 14.6. The summed E-state index contributed by atoms with van der Waals surface area (Å²) in [4.78, 5) is 17.8. The van der Waals surface area contributed by atoms with Gasteiger partial charge in [-0.2, -0.15) is 0 Å². The molecule has 0 aliphatic rings. The highest BCUT2D eigenvalue weighted by molar-refractivity contribution is 6.06. The van der Waals surface area contributed by atoms with Gasteiger partial charge in [-0.1, -0.05) is 66.2 Å². The third-order valence-corrected chi connectivity index (χ3v) is 4.99. The SMILES string of the molecule is Cc1ccc(OCCOC(=O)c2c(C)c(-c3ccccc3)nc3ccccc23)cc1. The minimum atomic E-state index is -0.365. The number of fused-ring (bicyclic) bond motifs is 1. The molecule has 4 heteroatoms. The maximum atomic E-state index is 13.0. The summed E-state index contributed by atoms with van der Waals surface area (Å²) in [5.74, 6) is 0.393. The van der Waals surface area contributed by atoms with Crippen molar-refractivity contribution in [2.75, 3.05) is 13.2 Å². The number of carbonyl (C=O) groups excluding carboxylic acids is 1. The minimum Gasteiger partial charge on any atom is -0.490 e. The van der Waals surface area contributed by atoms with Gasteiger partial charge in [0.2, 0.25) is 0 Å². The summed E-state index contributed by atoms with van der Waals surface area (Å²) < 4.78 is 11.2. The molecular weight excluding hydrogens is 374 g/mol. The van der Waals surface area contributed by atoms with Crippen LogP contribution in [-0.4, -0.2) is 24.2 Å². The zero-order valence-electron chi connectivity index (χ0n) is 17.1. The van der Waals surface area contributed by atoms with E-state index in [0.717, 1.165) is 33.5 Å². The van der Waals surface area contributed by atoms with Gasteiger partial charge in [0.1, 0.15) is 19.0 Å². The average Bonchev–Trinajstić information content (AvgIpc) is 2.78. The van der Waals surface area contributed by atoms with E-state index in [9.17, 15) is 4.79 Å². The fraction of sp³-hybridized carbons (Fsp3) is 0.154. The highest BCUT2D eigenvalue weighted by atomic mass is 16.6. The monoisotopic (exact) mass is 397 g/mol. The zero-order chi connectivity index (χ0) is 20.9. The van der Waals surface area contributed by atoms with E-state index in [4.69, 9.17) is 14.5 Å². The molecule has 4 nitrogen and oxygen atoms in total. The highest BCUT2D eigenvalue weighted by Crippen LogP contribution is 2.30. The first-order valence-electron chi connectivity index (χ1n) is 9.95. The summed E-state index contributed by atoms with van der Waals surface area (Å²) in [5.41, 5.74) is 5.06. The largest absolute Gasteiger partial charge is 0.490 e. The molecule has 150 valence electrons. The Kier molecular flexibility index (Phi) is 5.75. The molecule has 0 saturated carbocycles. The van der Waals surface area contributed by atoms with Crippen molar-refractivity contribution >= 4 is 16.9 Å². The van der Waals surface area contributed by atoms with Crippen molar-refractivity contribution in [2.24, 2.45) is 0 Å². The van der Waals surface area contributed by atoms with Gasteiger partial charge in [0.05, 0.1) is 16.8 Å². The molecule has 0 radical (unpaired) electrons. The lowest BCUT2D eigenvalue weighted by molar-refractivity contribution is 0.0452. The summed E-state index contributed by atoms with van der Waals surface area (Å²) in [6.45, 7) is 4.41. The lowest BCUT2D eigenvalue weighted by Gasteiger charge is -2.14. The molecule has 3 aromatic carbocycles. The topological polar surface area (TPSA) is 48.4 Å². The molecule has 0 aliphatic carbocycles. The third kappa shape index (κ3) is 4.18. The van der Waals surface area contributed by atoms with Crippen molar-refractivity contribution in [3.05, 3.63) is 95.6 Å². The van der Waals surface area contributed by atoms with Crippen molar-refractivity contribution in [2.45, 2.75) is 13.8 Å². The second kappa shape index (κ2) is 8.78. The van der Waals surface area contributed by atoms with Crippen molar-refractivity contribution < 1.29 is 14.3 Å². The summed E-state index contributed by atoms with van der Waals surface area (Å²) >= 11 is 0. The molecule has 0 amide bonds. The van der Waals surface area contributed by atoms with E-state index in [-0.39, 0.29) is 12.6 Å². The van der Waals surface area contributed by atoms with Crippen LogP contribution >= 0.6 is 0 Å². The first-order valence-corrected chi connectivity index (χ1v) is 9.95. The number of ether oxygens (including phenoxy) is 2. The van der Waals surface area contributed by atoms with Crippen molar-refractivity contribution in [1.29, 1.82) is 0 Å². The summed E-state index contributed by atoms with van der Waals surface area (Å²) in [7, 11) is 0. The molecule has 0 bridgehead atoms. The van der Waals surface area contributed by atoms with Crippen molar-refractivity contribution in [1.82, 2.24) is 4.98 Å². The Morgan fingerprint density at radius 2 is 1.53 bits per heavy atom. The van der Waals surface area contributed by atoms with Gasteiger partial charge >= 0.3 is 5.97 Å². The van der Waals surface area contributed by atoms with E-state index in [1.54, 1.807) is 0 Å². The number of esters is 1. The molecule has 30 heavy (non-hydrogen) atoms. The number of benzene rings is 3. The molecule has 4 aromatic rings. The molecule has 4 rings (SSSR count). The van der Waals surface area contributed by atoms with Crippen molar-refractivity contribution in [3.63, 3.8) is 0 Å². The Labute approximate surface area is 176 Å². The van der Waals surface area contributed by atoms with Crippen LogP contribution in [0.15, 0.2) is 78.9 Å². The second-order valence-corrected chi connectivity index (χ2v) is 7.14. The first kappa shape index (κ1) is 19.6. The maximum Gasteiger partial charge on any atom is 0.339 e. The molecule has 1 aromatic heterocycles. The number of hydrogen-bond acceptors (Lipinski definition) is 4. The molecule has 0 aliphatic heterocycles. The van der Waals surface area contributed by atoms with Crippen LogP contribution in [0.2, 0.25) is 0 Å². The Bertz CT molecular complexity index is 1170. The van der Waals surface area contributed by atoms with E-state index in [1.165, 1.54) is 5.56 Å². The van der Waals surface area contributed by atoms with Gasteiger partial charge in [0.15, 0.2) is 0 Å². The molecule has 0 unspecified atom stereocenters. The van der Waals surface area contributed by atoms with E-state index in [0.29, 0.717) is 12.2 Å².